The van der Waals surface area contributed by atoms with Crippen LogP contribution in [0.25, 0.3) is 0 Å². The van der Waals surface area contributed by atoms with Crippen molar-refractivity contribution >= 4 is 0 Å². The van der Waals surface area contributed by atoms with Gasteiger partial charge in [0.2, 0.25) is 0 Å². The number of phenols is 1. The fraction of sp³-hybridized carbons (Fsp3) is 0.333. The molecule has 0 spiro atoms. The van der Waals surface area contributed by atoms with Crippen molar-refractivity contribution in [1.29, 1.82) is 0 Å². The molecule has 0 aromatic heterocycles. The van der Waals surface area contributed by atoms with E-state index in [1.807, 2.05) is 12.1 Å². The summed E-state index contributed by atoms with van der Waals surface area (Å²) in [5.41, 5.74) is 3.54. The summed E-state index contributed by atoms with van der Waals surface area (Å²) in [6.07, 6.45) is 0.867. The summed E-state index contributed by atoms with van der Waals surface area (Å²) >= 11 is 0. The van der Waals surface area contributed by atoms with Gasteiger partial charge in [0.25, 0.3) is 0 Å². The smallest absolute Gasteiger partial charge is 0.120 e. The van der Waals surface area contributed by atoms with Crippen molar-refractivity contribution in [3.8, 4) is 5.75 Å². The quantitative estimate of drug-likeness (QED) is 0.861. The minimum atomic E-state index is 0.408. The van der Waals surface area contributed by atoms with Gasteiger partial charge in [0, 0.05) is 12.1 Å². The lowest BCUT2D eigenvalue weighted by atomic mass is 9.98. The highest BCUT2D eigenvalue weighted by Crippen LogP contribution is 2.25. The molecule has 0 amide bonds. The summed E-state index contributed by atoms with van der Waals surface area (Å²) in [6.45, 7) is 7.10. The number of phenolic OH excluding ortho intramolecular Hbond substituents is 1. The largest absolute Gasteiger partial charge is 0.508 e. The Hall–Kier alpha value is -1.80. The standard InChI is InChI=1S/C18H23NO/c1-3-19(4-2)14-17-16(11-8-12-18(17)20)13-15-9-6-5-7-10-15/h5-12,20H,3-4,13-14H2,1-2H3. The van der Waals surface area contributed by atoms with Crippen molar-refractivity contribution in [3.05, 3.63) is 65.2 Å². The van der Waals surface area contributed by atoms with E-state index >= 15 is 0 Å². The summed E-state index contributed by atoms with van der Waals surface area (Å²) in [7, 11) is 0. The van der Waals surface area contributed by atoms with Gasteiger partial charge in [0.1, 0.15) is 5.75 Å². The van der Waals surface area contributed by atoms with E-state index in [0.717, 1.165) is 31.6 Å². The maximum absolute atomic E-state index is 10.2. The Labute approximate surface area is 121 Å². The third-order valence-corrected chi connectivity index (χ3v) is 3.76. The second-order valence-electron chi connectivity index (χ2n) is 5.04. The molecular formula is C18H23NO. The van der Waals surface area contributed by atoms with E-state index in [-0.39, 0.29) is 0 Å². The molecule has 0 aliphatic carbocycles. The van der Waals surface area contributed by atoms with Crippen molar-refractivity contribution in [2.24, 2.45) is 0 Å². The van der Waals surface area contributed by atoms with Crippen LogP contribution in [0.1, 0.15) is 30.5 Å². The SMILES string of the molecule is CCN(CC)Cc1c(O)cccc1Cc1ccccc1. The zero-order valence-electron chi connectivity index (χ0n) is 12.3. The number of benzene rings is 2. The molecule has 0 atom stereocenters. The molecule has 20 heavy (non-hydrogen) atoms. The van der Waals surface area contributed by atoms with Gasteiger partial charge in [-0.3, -0.25) is 4.90 Å². The zero-order valence-corrected chi connectivity index (χ0v) is 12.3. The van der Waals surface area contributed by atoms with Crippen LogP contribution >= 0.6 is 0 Å². The molecule has 0 bridgehead atoms. The monoisotopic (exact) mass is 269 g/mol. The number of hydrogen-bond acceptors (Lipinski definition) is 2. The molecule has 0 fully saturated rings. The highest BCUT2D eigenvalue weighted by atomic mass is 16.3. The molecular weight excluding hydrogens is 246 g/mol. The van der Waals surface area contributed by atoms with Gasteiger partial charge in [0.05, 0.1) is 0 Å². The Bertz CT molecular complexity index is 532. The van der Waals surface area contributed by atoms with Crippen LogP contribution in [0.5, 0.6) is 5.75 Å². The van der Waals surface area contributed by atoms with Crippen LogP contribution in [-0.2, 0) is 13.0 Å². The predicted octanol–water partition coefficient (Wildman–Crippen LogP) is 3.82. The molecule has 0 radical (unpaired) electrons. The normalized spacial score (nSPS) is 10.9. The van der Waals surface area contributed by atoms with Gasteiger partial charge >= 0.3 is 0 Å². The van der Waals surface area contributed by atoms with Crippen LogP contribution in [0.15, 0.2) is 48.5 Å². The Morgan fingerprint density at radius 1 is 0.900 bits per heavy atom. The molecule has 1 N–H and O–H groups in total. The molecule has 0 saturated carbocycles. The fourth-order valence-electron chi connectivity index (χ4n) is 2.46. The van der Waals surface area contributed by atoms with Crippen molar-refractivity contribution in [1.82, 2.24) is 4.90 Å². The predicted molar refractivity (Wildman–Crippen MR) is 84.0 cm³/mol. The lowest BCUT2D eigenvalue weighted by Gasteiger charge is -2.21. The van der Waals surface area contributed by atoms with Crippen LogP contribution in [0.4, 0.5) is 0 Å². The Balaban J connectivity index is 2.26. The molecule has 2 nitrogen and oxygen atoms in total. The first kappa shape index (κ1) is 14.6. The zero-order chi connectivity index (χ0) is 14.4. The average Bonchev–Trinajstić information content (AvgIpc) is 2.48. The van der Waals surface area contributed by atoms with Gasteiger partial charge in [-0.1, -0.05) is 56.3 Å². The molecule has 2 rings (SSSR count). The second-order valence-corrected chi connectivity index (χ2v) is 5.04. The summed E-state index contributed by atoms with van der Waals surface area (Å²) in [4.78, 5) is 2.32. The lowest BCUT2D eigenvalue weighted by molar-refractivity contribution is 0.290. The number of nitrogens with zero attached hydrogens (tertiary/aromatic N) is 1. The van der Waals surface area contributed by atoms with Gasteiger partial charge in [-0.2, -0.15) is 0 Å². The molecule has 2 aromatic rings. The van der Waals surface area contributed by atoms with Crippen molar-refractivity contribution < 1.29 is 5.11 Å². The molecule has 0 aliphatic heterocycles. The van der Waals surface area contributed by atoms with E-state index in [0.29, 0.717) is 5.75 Å². The molecule has 106 valence electrons. The van der Waals surface area contributed by atoms with E-state index in [1.165, 1.54) is 11.1 Å². The summed E-state index contributed by atoms with van der Waals surface area (Å²) < 4.78 is 0. The minimum Gasteiger partial charge on any atom is -0.508 e. The van der Waals surface area contributed by atoms with Gasteiger partial charge in [-0.25, -0.2) is 0 Å². The molecule has 0 aliphatic rings. The number of aromatic hydroxyl groups is 1. The van der Waals surface area contributed by atoms with E-state index in [9.17, 15) is 5.11 Å². The Morgan fingerprint density at radius 3 is 2.25 bits per heavy atom. The highest BCUT2D eigenvalue weighted by molar-refractivity contribution is 5.41. The Morgan fingerprint density at radius 2 is 1.60 bits per heavy atom. The first-order valence-electron chi connectivity index (χ1n) is 7.30. The average molecular weight is 269 g/mol. The van der Waals surface area contributed by atoms with E-state index in [2.05, 4.69) is 49.1 Å². The topological polar surface area (TPSA) is 23.5 Å². The van der Waals surface area contributed by atoms with Crippen LogP contribution in [0.3, 0.4) is 0 Å². The maximum atomic E-state index is 10.2. The van der Waals surface area contributed by atoms with E-state index in [1.54, 1.807) is 6.07 Å². The minimum absolute atomic E-state index is 0.408. The van der Waals surface area contributed by atoms with Gasteiger partial charge in [-0.05, 0) is 36.7 Å². The molecule has 2 heteroatoms. The first-order chi connectivity index (χ1) is 9.74. The highest BCUT2D eigenvalue weighted by Gasteiger charge is 2.11. The first-order valence-corrected chi connectivity index (χ1v) is 7.30. The summed E-state index contributed by atoms with van der Waals surface area (Å²) in [5, 5.41) is 10.2. The molecule has 0 saturated heterocycles. The Kier molecular flexibility index (Phi) is 5.19. The summed E-state index contributed by atoms with van der Waals surface area (Å²) in [5.74, 6) is 0.408. The molecule has 0 heterocycles. The van der Waals surface area contributed by atoms with Gasteiger partial charge < -0.3 is 5.11 Å². The van der Waals surface area contributed by atoms with Crippen molar-refractivity contribution in [2.45, 2.75) is 26.8 Å². The lowest BCUT2D eigenvalue weighted by Crippen LogP contribution is -2.23. The van der Waals surface area contributed by atoms with Gasteiger partial charge in [-0.15, -0.1) is 0 Å². The van der Waals surface area contributed by atoms with Crippen molar-refractivity contribution in [2.75, 3.05) is 13.1 Å². The van der Waals surface area contributed by atoms with Crippen LogP contribution in [0, 0.1) is 0 Å². The van der Waals surface area contributed by atoms with E-state index < -0.39 is 0 Å². The third-order valence-electron chi connectivity index (χ3n) is 3.76. The molecule has 0 unspecified atom stereocenters. The molecule has 2 aromatic carbocycles. The second kappa shape index (κ2) is 7.11. The van der Waals surface area contributed by atoms with Gasteiger partial charge in [0.15, 0.2) is 0 Å². The van der Waals surface area contributed by atoms with Crippen LogP contribution in [-0.4, -0.2) is 23.1 Å². The number of hydrogen-bond donors (Lipinski definition) is 1. The van der Waals surface area contributed by atoms with Crippen molar-refractivity contribution in [3.63, 3.8) is 0 Å². The maximum Gasteiger partial charge on any atom is 0.120 e. The summed E-state index contributed by atoms with van der Waals surface area (Å²) in [6, 6.07) is 16.2. The van der Waals surface area contributed by atoms with Crippen LogP contribution in [0.2, 0.25) is 0 Å². The van der Waals surface area contributed by atoms with E-state index in [4.69, 9.17) is 0 Å². The fourth-order valence-corrected chi connectivity index (χ4v) is 2.46. The van der Waals surface area contributed by atoms with Crippen LogP contribution < -0.4 is 0 Å². The third kappa shape index (κ3) is 3.61. The number of rotatable bonds is 6.